The van der Waals surface area contributed by atoms with Gasteiger partial charge < -0.3 is 0 Å². The first-order valence-electron chi connectivity index (χ1n) is 3.63. The third-order valence-electron chi connectivity index (χ3n) is 1.16. The van der Waals surface area contributed by atoms with Gasteiger partial charge in [-0.15, -0.1) is 0 Å². The van der Waals surface area contributed by atoms with Crippen molar-refractivity contribution in [1.29, 1.82) is 0 Å². The summed E-state index contributed by atoms with van der Waals surface area (Å²) in [5, 5.41) is 8.39. The molecule has 64 valence electrons. The molecule has 0 amide bonds. The Morgan fingerprint density at radius 3 is 2.27 bits per heavy atom. The van der Waals surface area contributed by atoms with Crippen LogP contribution in [0, 0.1) is 0 Å². The van der Waals surface area contributed by atoms with Crippen LogP contribution in [-0.2, 0) is 4.89 Å². The molecule has 0 aliphatic heterocycles. The predicted molar refractivity (Wildman–Crippen MR) is 46.4 cm³/mol. The first-order chi connectivity index (χ1) is 4.98. The predicted octanol–water partition coefficient (Wildman–Crippen LogP) is 2.78. The fourth-order valence-electron chi connectivity index (χ4n) is 0.503. The van der Waals surface area contributed by atoms with Crippen molar-refractivity contribution in [3.8, 4) is 0 Å². The summed E-state index contributed by atoms with van der Waals surface area (Å²) in [5.74, 6) is 0. The Balaban J connectivity index is 4.02. The minimum absolute atomic E-state index is 0.591. The molecule has 0 aliphatic rings. The van der Waals surface area contributed by atoms with Gasteiger partial charge in [-0.3, -0.25) is 5.26 Å². The monoisotopic (exact) mass is 156 g/mol. The average molecular weight is 156 g/mol. The molecular formula is C9H16O2. The molecule has 0 aromatic carbocycles. The van der Waals surface area contributed by atoms with E-state index in [4.69, 9.17) is 5.26 Å². The van der Waals surface area contributed by atoms with Crippen molar-refractivity contribution < 1.29 is 10.1 Å². The minimum atomic E-state index is -0.591. The zero-order valence-corrected chi connectivity index (χ0v) is 7.59. The fraction of sp³-hybridized carbons (Fsp3) is 0.556. The van der Waals surface area contributed by atoms with Crippen LogP contribution in [0.25, 0.3) is 0 Å². The third kappa shape index (κ3) is 5.83. The number of hydrogen-bond acceptors (Lipinski definition) is 2. The smallest absolute Gasteiger partial charge is 0.116 e. The highest BCUT2D eigenvalue weighted by Crippen LogP contribution is 2.08. The summed E-state index contributed by atoms with van der Waals surface area (Å²) in [7, 11) is 0. The zero-order chi connectivity index (χ0) is 8.91. The SMILES string of the molecule is CC(C)=C/C=C/C(C)(C)OO. The van der Waals surface area contributed by atoms with Gasteiger partial charge in [0, 0.05) is 0 Å². The van der Waals surface area contributed by atoms with Crippen LogP contribution in [0.1, 0.15) is 27.7 Å². The van der Waals surface area contributed by atoms with Crippen molar-refractivity contribution in [2.45, 2.75) is 33.3 Å². The summed E-state index contributed by atoms with van der Waals surface area (Å²) in [6.45, 7) is 7.58. The van der Waals surface area contributed by atoms with Crippen LogP contribution in [0.3, 0.4) is 0 Å². The topological polar surface area (TPSA) is 29.5 Å². The van der Waals surface area contributed by atoms with Crippen LogP contribution in [-0.4, -0.2) is 10.9 Å². The molecule has 0 unspecified atom stereocenters. The normalized spacial score (nSPS) is 12.1. The largest absolute Gasteiger partial charge is 0.251 e. The molecule has 0 fully saturated rings. The van der Waals surface area contributed by atoms with Crippen LogP contribution in [0.15, 0.2) is 23.8 Å². The first-order valence-corrected chi connectivity index (χ1v) is 3.63. The highest BCUT2D eigenvalue weighted by Gasteiger charge is 2.12. The minimum Gasteiger partial charge on any atom is -0.251 e. The van der Waals surface area contributed by atoms with Gasteiger partial charge in [-0.2, -0.15) is 0 Å². The van der Waals surface area contributed by atoms with Crippen molar-refractivity contribution in [2.75, 3.05) is 0 Å². The van der Waals surface area contributed by atoms with Gasteiger partial charge in [-0.25, -0.2) is 4.89 Å². The van der Waals surface area contributed by atoms with Crippen molar-refractivity contribution in [3.63, 3.8) is 0 Å². The molecular weight excluding hydrogens is 140 g/mol. The van der Waals surface area contributed by atoms with Crippen molar-refractivity contribution in [1.82, 2.24) is 0 Å². The van der Waals surface area contributed by atoms with E-state index in [1.165, 1.54) is 5.57 Å². The summed E-state index contributed by atoms with van der Waals surface area (Å²) in [6.07, 6.45) is 5.62. The quantitative estimate of drug-likeness (QED) is 0.387. The third-order valence-corrected chi connectivity index (χ3v) is 1.16. The van der Waals surface area contributed by atoms with Crippen LogP contribution in [0.2, 0.25) is 0 Å². The van der Waals surface area contributed by atoms with Gasteiger partial charge in [-0.1, -0.05) is 23.8 Å². The van der Waals surface area contributed by atoms with Crippen molar-refractivity contribution >= 4 is 0 Å². The highest BCUT2D eigenvalue weighted by atomic mass is 17.1. The second kappa shape index (κ2) is 4.31. The Bertz CT molecular complexity index is 162. The maximum absolute atomic E-state index is 8.39. The second-order valence-electron chi connectivity index (χ2n) is 3.30. The van der Waals surface area contributed by atoms with E-state index in [0.717, 1.165) is 0 Å². The Labute approximate surface area is 68.1 Å². The van der Waals surface area contributed by atoms with Gasteiger partial charge in [0.2, 0.25) is 0 Å². The van der Waals surface area contributed by atoms with Crippen LogP contribution in [0.5, 0.6) is 0 Å². The van der Waals surface area contributed by atoms with Gasteiger partial charge in [-0.05, 0) is 27.7 Å². The average Bonchev–Trinajstić information content (AvgIpc) is 1.87. The van der Waals surface area contributed by atoms with Crippen LogP contribution >= 0.6 is 0 Å². The first kappa shape index (κ1) is 10.4. The fourth-order valence-corrected chi connectivity index (χ4v) is 0.503. The van der Waals surface area contributed by atoms with Crippen molar-refractivity contribution in [3.05, 3.63) is 23.8 Å². The summed E-state index contributed by atoms with van der Waals surface area (Å²) >= 11 is 0. The standard InChI is InChI=1S/C9H16O2/c1-8(2)6-5-7-9(3,4)11-10/h5-7,10H,1-4H3/b7-5+. The lowest BCUT2D eigenvalue weighted by Crippen LogP contribution is -2.18. The molecule has 0 aliphatic carbocycles. The molecule has 1 N–H and O–H groups in total. The maximum atomic E-state index is 8.39. The van der Waals surface area contributed by atoms with E-state index in [9.17, 15) is 0 Å². The molecule has 0 aromatic heterocycles. The van der Waals surface area contributed by atoms with E-state index in [1.807, 2.05) is 26.0 Å². The maximum Gasteiger partial charge on any atom is 0.116 e. The van der Waals surface area contributed by atoms with Crippen LogP contribution < -0.4 is 0 Å². The molecule has 0 bridgehead atoms. The number of rotatable bonds is 3. The van der Waals surface area contributed by atoms with Gasteiger partial charge in [0.1, 0.15) is 5.60 Å². The highest BCUT2D eigenvalue weighted by molar-refractivity contribution is 5.11. The Morgan fingerprint density at radius 2 is 1.91 bits per heavy atom. The zero-order valence-electron chi connectivity index (χ0n) is 7.59. The number of hydrogen-bond donors (Lipinski definition) is 1. The molecule has 0 aromatic rings. The second-order valence-corrected chi connectivity index (χ2v) is 3.30. The van der Waals surface area contributed by atoms with Gasteiger partial charge in [0.05, 0.1) is 0 Å². The Hall–Kier alpha value is -0.600. The molecule has 0 heterocycles. The van der Waals surface area contributed by atoms with Gasteiger partial charge >= 0.3 is 0 Å². The van der Waals surface area contributed by atoms with Gasteiger partial charge in [0.15, 0.2) is 0 Å². The number of allylic oxidation sites excluding steroid dienone is 3. The van der Waals surface area contributed by atoms with E-state index in [1.54, 1.807) is 19.9 Å². The van der Waals surface area contributed by atoms with Crippen LogP contribution in [0.4, 0.5) is 0 Å². The van der Waals surface area contributed by atoms with Gasteiger partial charge in [0.25, 0.3) is 0 Å². The lowest BCUT2D eigenvalue weighted by molar-refractivity contribution is -0.297. The lowest BCUT2D eigenvalue weighted by atomic mass is 10.1. The summed E-state index contributed by atoms with van der Waals surface area (Å²) in [6, 6.07) is 0. The summed E-state index contributed by atoms with van der Waals surface area (Å²) in [5.41, 5.74) is 0.626. The molecule has 0 rings (SSSR count). The Kier molecular flexibility index (Phi) is 4.08. The summed E-state index contributed by atoms with van der Waals surface area (Å²) in [4.78, 5) is 4.20. The van der Waals surface area contributed by atoms with E-state index < -0.39 is 5.60 Å². The van der Waals surface area contributed by atoms with E-state index in [-0.39, 0.29) is 0 Å². The summed E-state index contributed by atoms with van der Waals surface area (Å²) < 4.78 is 0. The molecule has 0 saturated heterocycles. The lowest BCUT2D eigenvalue weighted by Gasteiger charge is -2.13. The molecule has 0 radical (unpaired) electrons. The van der Waals surface area contributed by atoms with Crippen molar-refractivity contribution in [2.24, 2.45) is 0 Å². The Morgan fingerprint density at radius 1 is 1.36 bits per heavy atom. The molecule has 2 nitrogen and oxygen atoms in total. The molecule has 11 heavy (non-hydrogen) atoms. The molecule has 0 spiro atoms. The molecule has 0 atom stereocenters. The van der Waals surface area contributed by atoms with E-state index in [0.29, 0.717) is 0 Å². The van der Waals surface area contributed by atoms with E-state index >= 15 is 0 Å². The van der Waals surface area contributed by atoms with E-state index in [2.05, 4.69) is 4.89 Å². The molecule has 0 saturated carbocycles. The molecule has 2 heteroatoms.